The average molecular weight is 367 g/mol. The molecule has 0 spiro atoms. The quantitative estimate of drug-likeness (QED) is 0.545. The smallest absolute Gasteiger partial charge is 0.224 e. The van der Waals surface area contributed by atoms with E-state index in [2.05, 4.69) is 25.3 Å². The van der Waals surface area contributed by atoms with E-state index in [4.69, 9.17) is 16.3 Å². The van der Waals surface area contributed by atoms with E-state index in [0.717, 1.165) is 22.5 Å². The van der Waals surface area contributed by atoms with Crippen molar-refractivity contribution in [3.8, 4) is 17.0 Å². The lowest BCUT2D eigenvalue weighted by Gasteiger charge is -2.10. The van der Waals surface area contributed by atoms with Gasteiger partial charge < -0.3 is 14.5 Å². The van der Waals surface area contributed by atoms with Crippen molar-refractivity contribution in [2.75, 3.05) is 12.4 Å². The summed E-state index contributed by atoms with van der Waals surface area (Å²) in [7, 11) is 1.57. The van der Waals surface area contributed by atoms with Crippen LogP contribution in [0.4, 0.5) is 5.82 Å². The van der Waals surface area contributed by atoms with Crippen LogP contribution >= 0.6 is 11.6 Å². The molecular formula is C18H15ClN6O. The maximum Gasteiger partial charge on any atom is 0.224 e. The first kappa shape index (κ1) is 16.3. The summed E-state index contributed by atoms with van der Waals surface area (Å²) in [5.41, 5.74) is 3.77. The maximum atomic E-state index is 5.85. The molecule has 130 valence electrons. The summed E-state index contributed by atoms with van der Waals surface area (Å²) < 4.78 is 7.18. The number of rotatable bonds is 5. The predicted molar refractivity (Wildman–Crippen MR) is 99.3 cm³/mol. The Kier molecular flexibility index (Phi) is 4.37. The number of halogens is 1. The third kappa shape index (κ3) is 3.16. The molecule has 0 saturated heterocycles. The Morgan fingerprint density at radius 1 is 1.08 bits per heavy atom. The molecule has 0 saturated carbocycles. The van der Waals surface area contributed by atoms with Crippen LogP contribution in [0.3, 0.4) is 0 Å². The van der Waals surface area contributed by atoms with Crippen molar-refractivity contribution in [2.45, 2.75) is 6.54 Å². The molecule has 3 aromatic heterocycles. The van der Waals surface area contributed by atoms with E-state index in [-0.39, 0.29) is 5.28 Å². The SMILES string of the molecule is COc1cnc(Cl)nc1NCc1ccc(-c2nccn3ccnc23)cc1. The Labute approximate surface area is 154 Å². The summed E-state index contributed by atoms with van der Waals surface area (Å²) in [5.74, 6) is 1.10. The normalized spacial score (nSPS) is 10.8. The Balaban J connectivity index is 1.54. The van der Waals surface area contributed by atoms with E-state index < -0.39 is 0 Å². The molecule has 3 heterocycles. The van der Waals surface area contributed by atoms with Crippen molar-refractivity contribution >= 4 is 23.1 Å². The molecule has 0 radical (unpaired) electrons. The molecule has 0 bridgehead atoms. The highest BCUT2D eigenvalue weighted by molar-refractivity contribution is 6.28. The van der Waals surface area contributed by atoms with Gasteiger partial charge in [-0.1, -0.05) is 24.3 Å². The number of aromatic nitrogens is 5. The predicted octanol–water partition coefficient (Wildman–Crippen LogP) is 3.46. The molecule has 1 N–H and O–H groups in total. The van der Waals surface area contributed by atoms with Crippen molar-refractivity contribution < 1.29 is 4.74 Å². The number of nitrogens with zero attached hydrogens (tertiary/aromatic N) is 5. The minimum atomic E-state index is 0.169. The van der Waals surface area contributed by atoms with Crippen LogP contribution in [0.15, 0.2) is 55.2 Å². The van der Waals surface area contributed by atoms with Gasteiger partial charge in [-0.3, -0.25) is 4.98 Å². The van der Waals surface area contributed by atoms with Gasteiger partial charge in [0.2, 0.25) is 5.28 Å². The van der Waals surface area contributed by atoms with E-state index in [9.17, 15) is 0 Å². The Morgan fingerprint density at radius 2 is 1.85 bits per heavy atom. The van der Waals surface area contributed by atoms with E-state index in [1.807, 2.05) is 41.1 Å². The number of anilines is 1. The second-order valence-corrected chi connectivity index (χ2v) is 5.88. The highest BCUT2D eigenvalue weighted by Gasteiger charge is 2.08. The molecule has 0 unspecified atom stereocenters. The molecule has 7 nitrogen and oxygen atoms in total. The summed E-state index contributed by atoms with van der Waals surface area (Å²) in [6, 6.07) is 8.12. The largest absolute Gasteiger partial charge is 0.491 e. The van der Waals surface area contributed by atoms with Crippen molar-refractivity contribution in [3.63, 3.8) is 0 Å². The third-order valence-corrected chi connectivity index (χ3v) is 4.13. The molecule has 8 heteroatoms. The van der Waals surface area contributed by atoms with Crippen LogP contribution < -0.4 is 10.1 Å². The minimum absolute atomic E-state index is 0.169. The molecule has 4 aromatic rings. The fourth-order valence-corrected chi connectivity index (χ4v) is 2.78. The number of methoxy groups -OCH3 is 1. The molecular weight excluding hydrogens is 352 g/mol. The number of fused-ring (bicyclic) bond motifs is 1. The fourth-order valence-electron chi connectivity index (χ4n) is 2.65. The van der Waals surface area contributed by atoms with E-state index in [1.165, 1.54) is 6.20 Å². The average Bonchev–Trinajstić information content (AvgIpc) is 3.16. The molecule has 0 aliphatic rings. The van der Waals surface area contributed by atoms with Gasteiger partial charge in [-0.2, -0.15) is 4.98 Å². The van der Waals surface area contributed by atoms with Gasteiger partial charge in [0.1, 0.15) is 5.69 Å². The summed E-state index contributed by atoms with van der Waals surface area (Å²) in [5, 5.41) is 3.38. The van der Waals surface area contributed by atoms with Crippen molar-refractivity contribution in [3.05, 3.63) is 66.1 Å². The highest BCUT2D eigenvalue weighted by Crippen LogP contribution is 2.24. The van der Waals surface area contributed by atoms with Crippen LogP contribution in [0.5, 0.6) is 5.75 Å². The van der Waals surface area contributed by atoms with Crippen LogP contribution in [0.25, 0.3) is 16.9 Å². The molecule has 1 aromatic carbocycles. The van der Waals surface area contributed by atoms with Crippen LogP contribution in [0.2, 0.25) is 5.28 Å². The monoisotopic (exact) mass is 366 g/mol. The van der Waals surface area contributed by atoms with Crippen molar-refractivity contribution in [1.82, 2.24) is 24.3 Å². The Morgan fingerprint density at radius 3 is 2.62 bits per heavy atom. The van der Waals surface area contributed by atoms with Gasteiger partial charge in [-0.25, -0.2) is 9.97 Å². The topological polar surface area (TPSA) is 77.2 Å². The number of imidazole rings is 1. The van der Waals surface area contributed by atoms with Gasteiger partial charge >= 0.3 is 0 Å². The Hall–Kier alpha value is -3.19. The van der Waals surface area contributed by atoms with Crippen LogP contribution in [-0.4, -0.2) is 31.4 Å². The third-order valence-electron chi connectivity index (χ3n) is 3.94. The molecule has 26 heavy (non-hydrogen) atoms. The number of ether oxygens (including phenoxy) is 1. The molecule has 4 rings (SSSR count). The second kappa shape index (κ2) is 6.97. The van der Waals surface area contributed by atoms with Gasteiger partial charge in [0, 0.05) is 36.9 Å². The van der Waals surface area contributed by atoms with E-state index in [0.29, 0.717) is 18.1 Å². The first-order valence-corrected chi connectivity index (χ1v) is 8.30. The zero-order valence-electron chi connectivity index (χ0n) is 13.9. The summed E-state index contributed by atoms with van der Waals surface area (Å²) in [6.07, 6.45) is 8.85. The van der Waals surface area contributed by atoms with E-state index in [1.54, 1.807) is 19.5 Å². The van der Waals surface area contributed by atoms with Crippen LogP contribution in [0.1, 0.15) is 5.56 Å². The highest BCUT2D eigenvalue weighted by atomic mass is 35.5. The van der Waals surface area contributed by atoms with E-state index >= 15 is 0 Å². The molecule has 0 atom stereocenters. The zero-order valence-corrected chi connectivity index (χ0v) is 14.7. The van der Waals surface area contributed by atoms with Crippen molar-refractivity contribution in [1.29, 1.82) is 0 Å². The minimum Gasteiger partial charge on any atom is -0.491 e. The number of hydrogen-bond donors (Lipinski definition) is 1. The van der Waals surface area contributed by atoms with Gasteiger partial charge in [0.05, 0.1) is 13.3 Å². The zero-order chi connectivity index (χ0) is 17.9. The van der Waals surface area contributed by atoms with Gasteiger partial charge in [0.25, 0.3) is 0 Å². The molecule has 0 amide bonds. The Bertz CT molecular complexity index is 1050. The lowest BCUT2D eigenvalue weighted by molar-refractivity contribution is 0.412. The maximum absolute atomic E-state index is 5.85. The molecule has 0 fully saturated rings. The van der Waals surface area contributed by atoms with Crippen molar-refractivity contribution in [2.24, 2.45) is 0 Å². The first-order valence-electron chi connectivity index (χ1n) is 7.92. The fraction of sp³-hybridized carbons (Fsp3) is 0.111. The van der Waals surface area contributed by atoms with Gasteiger partial charge in [-0.05, 0) is 17.2 Å². The molecule has 0 aliphatic heterocycles. The van der Waals surface area contributed by atoms with Gasteiger partial charge in [-0.15, -0.1) is 0 Å². The number of hydrogen-bond acceptors (Lipinski definition) is 6. The summed E-state index contributed by atoms with van der Waals surface area (Å²) in [6.45, 7) is 0.574. The number of benzene rings is 1. The number of nitrogens with one attached hydrogen (secondary N) is 1. The first-order chi connectivity index (χ1) is 12.7. The second-order valence-electron chi connectivity index (χ2n) is 5.54. The van der Waals surface area contributed by atoms with Crippen LogP contribution in [0, 0.1) is 0 Å². The van der Waals surface area contributed by atoms with Crippen LogP contribution in [-0.2, 0) is 6.54 Å². The summed E-state index contributed by atoms with van der Waals surface area (Å²) >= 11 is 5.85. The lowest BCUT2D eigenvalue weighted by Crippen LogP contribution is -2.04. The standard InChI is InChI=1S/C18H15ClN6O/c1-26-14-11-23-18(19)24-16(14)22-10-12-2-4-13(5-3-12)15-17-21-7-9-25(17)8-6-20-15/h2-9,11H,10H2,1H3,(H,22,23,24). The summed E-state index contributed by atoms with van der Waals surface area (Å²) in [4.78, 5) is 16.9. The van der Waals surface area contributed by atoms with Gasteiger partial charge in [0.15, 0.2) is 17.2 Å². The lowest BCUT2D eigenvalue weighted by atomic mass is 10.1. The molecule has 0 aliphatic carbocycles.